The zero-order valence-corrected chi connectivity index (χ0v) is 24.0. The summed E-state index contributed by atoms with van der Waals surface area (Å²) in [5, 5.41) is 4.96. The van der Waals surface area contributed by atoms with E-state index in [1.807, 2.05) is 0 Å². The van der Waals surface area contributed by atoms with E-state index in [1.165, 1.54) is 49.4 Å². The van der Waals surface area contributed by atoms with Gasteiger partial charge in [0.15, 0.2) is 0 Å². The second-order valence-corrected chi connectivity index (χ2v) is 12.1. The monoisotopic (exact) mass is 532 g/mol. The van der Waals surface area contributed by atoms with Crippen molar-refractivity contribution in [2.24, 2.45) is 0 Å². The van der Waals surface area contributed by atoms with Crippen LogP contribution in [0.4, 0.5) is 0 Å². The molecular formula is C38H33BO2. The SMILES string of the molecule is CC1(C)OB(c2cccc(-c3ccc4cc(-c5cc(-c6ccccc6)cc6ccccc56)ccc4c3)c2)OC1(C)C. The first-order valence-electron chi connectivity index (χ1n) is 14.4. The zero-order chi connectivity index (χ0) is 28.2. The second-order valence-electron chi connectivity index (χ2n) is 12.1. The van der Waals surface area contributed by atoms with Crippen LogP contribution in [-0.4, -0.2) is 18.3 Å². The van der Waals surface area contributed by atoms with Crippen molar-refractivity contribution in [3.05, 3.63) is 127 Å². The fraction of sp³-hybridized carbons (Fsp3) is 0.158. The van der Waals surface area contributed by atoms with Crippen LogP contribution in [0.5, 0.6) is 0 Å². The van der Waals surface area contributed by atoms with Crippen molar-refractivity contribution in [1.82, 2.24) is 0 Å². The third-order valence-corrected chi connectivity index (χ3v) is 8.87. The molecule has 2 nitrogen and oxygen atoms in total. The molecule has 0 aromatic heterocycles. The van der Waals surface area contributed by atoms with Gasteiger partial charge in [-0.2, -0.15) is 0 Å². The van der Waals surface area contributed by atoms with Gasteiger partial charge in [0.2, 0.25) is 0 Å². The van der Waals surface area contributed by atoms with Crippen LogP contribution < -0.4 is 5.46 Å². The highest BCUT2D eigenvalue weighted by Crippen LogP contribution is 2.38. The Labute approximate surface area is 242 Å². The Bertz CT molecular complexity index is 1890. The van der Waals surface area contributed by atoms with Gasteiger partial charge in [0.25, 0.3) is 0 Å². The molecule has 0 amide bonds. The van der Waals surface area contributed by atoms with Gasteiger partial charge in [-0.05, 0) is 112 Å². The smallest absolute Gasteiger partial charge is 0.399 e. The van der Waals surface area contributed by atoms with E-state index in [2.05, 4.69) is 155 Å². The lowest BCUT2D eigenvalue weighted by molar-refractivity contribution is 0.00578. The molecule has 1 heterocycles. The second kappa shape index (κ2) is 9.73. The topological polar surface area (TPSA) is 18.5 Å². The predicted molar refractivity (Wildman–Crippen MR) is 173 cm³/mol. The molecular weight excluding hydrogens is 499 g/mol. The number of fused-ring (bicyclic) bond motifs is 2. The van der Waals surface area contributed by atoms with E-state index < -0.39 is 0 Å². The summed E-state index contributed by atoms with van der Waals surface area (Å²) in [6.07, 6.45) is 0. The normalized spacial score (nSPS) is 16.0. The molecule has 0 radical (unpaired) electrons. The summed E-state index contributed by atoms with van der Waals surface area (Å²) in [7, 11) is -0.371. The molecule has 0 atom stereocenters. The molecule has 0 unspecified atom stereocenters. The summed E-state index contributed by atoms with van der Waals surface area (Å²) < 4.78 is 12.6. The molecule has 0 saturated carbocycles. The number of rotatable bonds is 4. The minimum atomic E-state index is -0.371. The summed E-state index contributed by atoms with van der Waals surface area (Å²) in [6.45, 7) is 8.37. The molecule has 0 bridgehead atoms. The molecule has 6 aromatic rings. The van der Waals surface area contributed by atoms with Gasteiger partial charge in [0.05, 0.1) is 11.2 Å². The third-order valence-electron chi connectivity index (χ3n) is 8.87. The Morgan fingerprint density at radius 1 is 0.439 bits per heavy atom. The molecule has 3 heteroatoms. The van der Waals surface area contributed by atoms with Crippen LogP contribution in [0.1, 0.15) is 27.7 Å². The zero-order valence-electron chi connectivity index (χ0n) is 24.0. The predicted octanol–water partition coefficient (Wildman–Crippen LogP) is 9.29. The van der Waals surface area contributed by atoms with Gasteiger partial charge < -0.3 is 9.31 Å². The Morgan fingerprint density at radius 2 is 1.02 bits per heavy atom. The number of hydrogen-bond donors (Lipinski definition) is 0. The molecule has 1 saturated heterocycles. The van der Waals surface area contributed by atoms with Gasteiger partial charge in [-0.3, -0.25) is 0 Å². The molecule has 7 rings (SSSR count). The minimum Gasteiger partial charge on any atom is -0.399 e. The molecule has 200 valence electrons. The van der Waals surface area contributed by atoms with E-state index in [9.17, 15) is 0 Å². The van der Waals surface area contributed by atoms with Crippen LogP contribution in [-0.2, 0) is 9.31 Å². The highest BCUT2D eigenvalue weighted by atomic mass is 16.7. The lowest BCUT2D eigenvalue weighted by Gasteiger charge is -2.32. The maximum atomic E-state index is 6.31. The van der Waals surface area contributed by atoms with Crippen molar-refractivity contribution in [2.75, 3.05) is 0 Å². The first kappa shape index (κ1) is 25.8. The van der Waals surface area contributed by atoms with Gasteiger partial charge in [0.1, 0.15) is 0 Å². The molecule has 41 heavy (non-hydrogen) atoms. The molecule has 1 fully saturated rings. The van der Waals surface area contributed by atoms with E-state index in [0.29, 0.717) is 0 Å². The fourth-order valence-corrected chi connectivity index (χ4v) is 5.78. The maximum Gasteiger partial charge on any atom is 0.494 e. The summed E-state index contributed by atoms with van der Waals surface area (Å²) in [5.41, 5.74) is 7.60. The Balaban J connectivity index is 1.25. The van der Waals surface area contributed by atoms with Crippen LogP contribution >= 0.6 is 0 Å². The lowest BCUT2D eigenvalue weighted by atomic mass is 9.78. The Kier molecular flexibility index (Phi) is 6.12. The van der Waals surface area contributed by atoms with Gasteiger partial charge in [-0.1, -0.05) is 103 Å². The van der Waals surface area contributed by atoms with Crippen molar-refractivity contribution in [3.63, 3.8) is 0 Å². The first-order chi connectivity index (χ1) is 19.8. The van der Waals surface area contributed by atoms with E-state index in [1.54, 1.807) is 0 Å². The molecule has 6 aromatic carbocycles. The van der Waals surface area contributed by atoms with Gasteiger partial charge in [-0.15, -0.1) is 0 Å². The number of hydrogen-bond acceptors (Lipinski definition) is 2. The Morgan fingerprint density at radius 3 is 1.78 bits per heavy atom. The van der Waals surface area contributed by atoms with Crippen molar-refractivity contribution in [3.8, 4) is 33.4 Å². The summed E-state index contributed by atoms with van der Waals surface area (Å²) >= 11 is 0. The molecule has 0 aliphatic carbocycles. The van der Waals surface area contributed by atoms with Gasteiger partial charge >= 0.3 is 7.12 Å². The molecule has 0 N–H and O–H groups in total. The van der Waals surface area contributed by atoms with E-state index in [0.717, 1.165) is 11.0 Å². The van der Waals surface area contributed by atoms with E-state index in [4.69, 9.17) is 9.31 Å². The van der Waals surface area contributed by atoms with Crippen molar-refractivity contribution >= 4 is 34.1 Å². The Hall–Kier alpha value is -4.18. The highest BCUT2D eigenvalue weighted by molar-refractivity contribution is 6.62. The summed E-state index contributed by atoms with van der Waals surface area (Å²) in [6, 6.07) is 46.0. The van der Waals surface area contributed by atoms with E-state index >= 15 is 0 Å². The highest BCUT2D eigenvalue weighted by Gasteiger charge is 2.51. The summed E-state index contributed by atoms with van der Waals surface area (Å²) in [5.74, 6) is 0. The van der Waals surface area contributed by atoms with Crippen molar-refractivity contribution in [2.45, 2.75) is 38.9 Å². The minimum absolute atomic E-state index is 0.361. The van der Waals surface area contributed by atoms with Gasteiger partial charge in [-0.25, -0.2) is 0 Å². The van der Waals surface area contributed by atoms with Crippen LogP contribution in [0.25, 0.3) is 54.9 Å². The standard InChI is InChI=1S/C38H33BO2/c1-37(2)38(3,4)41-39(40-37)34-15-10-14-27(24-34)28-17-18-30-22-32(20-19-29(30)21-28)36-25-33(26-11-6-5-7-12-26)23-31-13-8-9-16-35(31)36/h5-25H,1-4H3. The van der Waals surface area contributed by atoms with Crippen LogP contribution in [0.15, 0.2) is 127 Å². The maximum absolute atomic E-state index is 6.31. The first-order valence-corrected chi connectivity index (χ1v) is 14.4. The van der Waals surface area contributed by atoms with Gasteiger partial charge in [0, 0.05) is 0 Å². The van der Waals surface area contributed by atoms with Crippen molar-refractivity contribution in [1.29, 1.82) is 0 Å². The largest absolute Gasteiger partial charge is 0.494 e. The van der Waals surface area contributed by atoms with Crippen LogP contribution in [0.3, 0.4) is 0 Å². The average Bonchev–Trinajstić information content (AvgIpc) is 3.22. The van der Waals surface area contributed by atoms with Crippen LogP contribution in [0.2, 0.25) is 0 Å². The van der Waals surface area contributed by atoms with E-state index in [-0.39, 0.29) is 18.3 Å². The quantitative estimate of drug-likeness (QED) is 0.211. The van der Waals surface area contributed by atoms with Crippen molar-refractivity contribution < 1.29 is 9.31 Å². The molecule has 1 aliphatic rings. The van der Waals surface area contributed by atoms with Crippen LogP contribution in [0, 0.1) is 0 Å². The fourth-order valence-electron chi connectivity index (χ4n) is 5.78. The molecule has 1 aliphatic heterocycles. The summed E-state index contributed by atoms with van der Waals surface area (Å²) in [4.78, 5) is 0. The molecule has 0 spiro atoms. The average molecular weight is 532 g/mol. The third kappa shape index (κ3) is 4.66. The lowest BCUT2D eigenvalue weighted by Crippen LogP contribution is -2.41. The number of benzene rings is 6.